The van der Waals surface area contributed by atoms with Gasteiger partial charge in [0.1, 0.15) is 0 Å². The fourth-order valence-corrected chi connectivity index (χ4v) is 2.04. The van der Waals surface area contributed by atoms with Crippen LogP contribution in [-0.4, -0.2) is 5.78 Å². The van der Waals surface area contributed by atoms with Crippen LogP contribution in [0.1, 0.15) is 46.5 Å². The van der Waals surface area contributed by atoms with E-state index in [9.17, 15) is 4.79 Å². The molecule has 1 rings (SSSR count). The summed E-state index contributed by atoms with van der Waals surface area (Å²) in [5, 5.41) is 0. The maximum absolute atomic E-state index is 11.0. The quantitative estimate of drug-likeness (QED) is 0.637. The summed E-state index contributed by atoms with van der Waals surface area (Å²) in [6.07, 6.45) is 10.4. The molecule has 0 radical (unpaired) electrons. The summed E-state index contributed by atoms with van der Waals surface area (Å²) in [5.74, 6) is 1.61. The molecular weight excluding hydrogens is 184 g/mol. The van der Waals surface area contributed by atoms with E-state index < -0.39 is 0 Å². The zero-order valence-corrected chi connectivity index (χ0v) is 10.1. The summed E-state index contributed by atoms with van der Waals surface area (Å²) in [6, 6.07) is 0. The second-order valence-electron chi connectivity index (χ2n) is 4.86. The molecule has 0 aromatic carbocycles. The molecule has 0 saturated heterocycles. The van der Waals surface area contributed by atoms with Crippen LogP contribution in [0.3, 0.4) is 0 Å². The van der Waals surface area contributed by atoms with Crippen LogP contribution in [0.25, 0.3) is 0 Å². The molecule has 0 aromatic rings. The molecule has 0 aliphatic heterocycles. The highest BCUT2D eigenvalue weighted by molar-refractivity contribution is 5.90. The van der Waals surface area contributed by atoms with Gasteiger partial charge in [0, 0.05) is 6.42 Å². The standard InChI is InChI=1S/C14H22O/c1-11(2)5-4-6-12(3)13-7-9-14(15)10-8-13/h5,7,9,12-13H,4,6,8,10H2,1-3H3/t12-,13-/m1/s1. The molecular formula is C14H22O. The number of hydrogen-bond acceptors (Lipinski definition) is 1. The lowest BCUT2D eigenvalue weighted by atomic mass is 9.83. The van der Waals surface area contributed by atoms with Crippen molar-refractivity contribution in [2.75, 3.05) is 0 Å². The van der Waals surface area contributed by atoms with Gasteiger partial charge in [0.15, 0.2) is 5.78 Å². The minimum absolute atomic E-state index is 0.294. The molecule has 0 heterocycles. The molecule has 1 heteroatoms. The van der Waals surface area contributed by atoms with Crippen molar-refractivity contribution in [3.05, 3.63) is 23.8 Å². The van der Waals surface area contributed by atoms with Gasteiger partial charge in [0.2, 0.25) is 0 Å². The van der Waals surface area contributed by atoms with Crippen molar-refractivity contribution in [1.29, 1.82) is 0 Å². The van der Waals surface area contributed by atoms with Gasteiger partial charge in [-0.2, -0.15) is 0 Å². The van der Waals surface area contributed by atoms with Crippen LogP contribution in [0.4, 0.5) is 0 Å². The van der Waals surface area contributed by atoms with Gasteiger partial charge in [0.05, 0.1) is 0 Å². The van der Waals surface area contributed by atoms with Crippen LogP contribution in [0.5, 0.6) is 0 Å². The van der Waals surface area contributed by atoms with E-state index in [4.69, 9.17) is 0 Å². The first-order chi connectivity index (χ1) is 7.09. The average molecular weight is 206 g/mol. The Hall–Kier alpha value is -0.850. The van der Waals surface area contributed by atoms with Gasteiger partial charge >= 0.3 is 0 Å². The van der Waals surface area contributed by atoms with Gasteiger partial charge in [0.25, 0.3) is 0 Å². The number of allylic oxidation sites excluding steroid dienone is 4. The average Bonchev–Trinajstić information content (AvgIpc) is 2.18. The third-order valence-electron chi connectivity index (χ3n) is 3.16. The van der Waals surface area contributed by atoms with E-state index in [-0.39, 0.29) is 0 Å². The molecule has 0 bridgehead atoms. The third-order valence-corrected chi connectivity index (χ3v) is 3.16. The van der Waals surface area contributed by atoms with Crippen molar-refractivity contribution in [3.8, 4) is 0 Å². The Balaban J connectivity index is 2.34. The highest BCUT2D eigenvalue weighted by Gasteiger charge is 2.18. The fourth-order valence-electron chi connectivity index (χ4n) is 2.04. The van der Waals surface area contributed by atoms with Crippen LogP contribution in [0.15, 0.2) is 23.8 Å². The largest absolute Gasteiger partial charge is 0.295 e. The second-order valence-corrected chi connectivity index (χ2v) is 4.86. The van der Waals surface area contributed by atoms with Crippen LogP contribution in [0, 0.1) is 11.8 Å². The predicted octanol–water partition coefficient (Wildman–Crippen LogP) is 3.90. The number of carbonyl (C=O) groups excluding carboxylic acids is 1. The maximum Gasteiger partial charge on any atom is 0.155 e. The summed E-state index contributed by atoms with van der Waals surface area (Å²) >= 11 is 0. The highest BCUT2D eigenvalue weighted by atomic mass is 16.1. The van der Waals surface area contributed by atoms with Crippen LogP contribution in [0.2, 0.25) is 0 Å². The van der Waals surface area contributed by atoms with Gasteiger partial charge in [-0.05, 0) is 51.0 Å². The van der Waals surface area contributed by atoms with Crippen LogP contribution in [-0.2, 0) is 4.79 Å². The molecule has 0 amide bonds. The Morgan fingerprint density at radius 3 is 2.87 bits per heavy atom. The first kappa shape index (κ1) is 12.2. The molecule has 0 saturated carbocycles. The molecule has 0 spiro atoms. The lowest BCUT2D eigenvalue weighted by Crippen LogP contribution is -2.15. The Morgan fingerprint density at radius 2 is 2.33 bits per heavy atom. The zero-order valence-electron chi connectivity index (χ0n) is 10.1. The van der Waals surface area contributed by atoms with E-state index in [1.54, 1.807) is 6.08 Å². The second kappa shape index (κ2) is 5.89. The first-order valence-corrected chi connectivity index (χ1v) is 5.94. The lowest BCUT2D eigenvalue weighted by Gasteiger charge is -2.22. The molecule has 0 N–H and O–H groups in total. The van der Waals surface area contributed by atoms with E-state index in [2.05, 4.69) is 32.9 Å². The summed E-state index contributed by atoms with van der Waals surface area (Å²) < 4.78 is 0. The number of ketones is 1. The van der Waals surface area contributed by atoms with Crippen molar-refractivity contribution < 1.29 is 4.79 Å². The number of hydrogen-bond donors (Lipinski definition) is 0. The lowest BCUT2D eigenvalue weighted by molar-refractivity contribution is -0.115. The molecule has 15 heavy (non-hydrogen) atoms. The summed E-state index contributed by atoms with van der Waals surface area (Å²) in [4.78, 5) is 11.0. The van der Waals surface area contributed by atoms with E-state index in [1.165, 1.54) is 18.4 Å². The van der Waals surface area contributed by atoms with E-state index >= 15 is 0 Å². The predicted molar refractivity (Wildman–Crippen MR) is 64.7 cm³/mol. The number of rotatable bonds is 4. The monoisotopic (exact) mass is 206 g/mol. The Bertz CT molecular complexity index is 269. The minimum Gasteiger partial charge on any atom is -0.295 e. The normalized spacial score (nSPS) is 22.6. The topological polar surface area (TPSA) is 17.1 Å². The number of carbonyl (C=O) groups is 1. The molecule has 2 atom stereocenters. The summed E-state index contributed by atoms with van der Waals surface area (Å²) in [7, 11) is 0. The molecule has 0 aromatic heterocycles. The molecule has 0 fully saturated rings. The smallest absolute Gasteiger partial charge is 0.155 e. The van der Waals surface area contributed by atoms with Crippen molar-refractivity contribution in [1.82, 2.24) is 0 Å². The van der Waals surface area contributed by atoms with E-state index in [1.807, 2.05) is 0 Å². The Labute approximate surface area is 93.3 Å². The van der Waals surface area contributed by atoms with E-state index in [0.717, 1.165) is 12.8 Å². The Morgan fingerprint density at radius 1 is 1.60 bits per heavy atom. The molecule has 1 aliphatic rings. The van der Waals surface area contributed by atoms with E-state index in [0.29, 0.717) is 17.6 Å². The minimum atomic E-state index is 0.294. The Kier molecular flexibility index (Phi) is 4.80. The molecule has 1 nitrogen and oxygen atoms in total. The van der Waals surface area contributed by atoms with Gasteiger partial charge in [-0.15, -0.1) is 0 Å². The van der Waals surface area contributed by atoms with Crippen LogP contribution < -0.4 is 0 Å². The highest BCUT2D eigenvalue weighted by Crippen LogP contribution is 2.26. The van der Waals surface area contributed by atoms with Crippen molar-refractivity contribution in [2.24, 2.45) is 11.8 Å². The third kappa shape index (κ3) is 4.46. The van der Waals surface area contributed by atoms with Gasteiger partial charge in [-0.25, -0.2) is 0 Å². The van der Waals surface area contributed by atoms with Gasteiger partial charge in [-0.1, -0.05) is 24.6 Å². The summed E-state index contributed by atoms with van der Waals surface area (Å²) in [6.45, 7) is 6.58. The van der Waals surface area contributed by atoms with Gasteiger partial charge in [-0.3, -0.25) is 4.79 Å². The van der Waals surface area contributed by atoms with Gasteiger partial charge < -0.3 is 0 Å². The fraction of sp³-hybridized carbons (Fsp3) is 0.643. The first-order valence-electron chi connectivity index (χ1n) is 5.94. The van der Waals surface area contributed by atoms with Crippen LogP contribution >= 0.6 is 0 Å². The summed E-state index contributed by atoms with van der Waals surface area (Å²) in [5.41, 5.74) is 1.40. The van der Waals surface area contributed by atoms with Crippen molar-refractivity contribution >= 4 is 5.78 Å². The molecule has 0 unspecified atom stereocenters. The van der Waals surface area contributed by atoms with Crippen molar-refractivity contribution in [3.63, 3.8) is 0 Å². The molecule has 1 aliphatic carbocycles. The molecule has 84 valence electrons. The van der Waals surface area contributed by atoms with Crippen molar-refractivity contribution in [2.45, 2.75) is 46.5 Å². The zero-order chi connectivity index (χ0) is 11.3. The SMILES string of the molecule is CC(C)=CCC[C@@H](C)[C@@H]1C=CC(=O)CC1. The maximum atomic E-state index is 11.0.